The summed E-state index contributed by atoms with van der Waals surface area (Å²) in [5.74, 6) is 2.02. The molecule has 5 rings (SSSR count). The van der Waals surface area contributed by atoms with Gasteiger partial charge in [0, 0.05) is 16.8 Å². The van der Waals surface area contributed by atoms with Crippen LogP contribution in [0.25, 0.3) is 5.69 Å². The molecular weight excluding hydrogens is 580 g/mol. The number of ether oxygens (including phenoxy) is 2. The number of hydrogen-bond donors (Lipinski definition) is 1. The number of hydrogen-bond acceptors (Lipinski definition) is 6. The van der Waals surface area contributed by atoms with E-state index >= 15 is 0 Å². The molecule has 1 unspecified atom stereocenters. The van der Waals surface area contributed by atoms with E-state index in [1.807, 2.05) is 60.0 Å². The second kappa shape index (κ2) is 13.8. The average Bonchev–Trinajstić information content (AvgIpc) is 3.44. The van der Waals surface area contributed by atoms with Gasteiger partial charge in [0.2, 0.25) is 0 Å². The molecule has 9 heteroatoms. The molecule has 1 amide bonds. The Kier molecular flexibility index (Phi) is 9.69. The highest BCUT2D eigenvalue weighted by Crippen LogP contribution is 2.32. The number of benzene rings is 4. The lowest BCUT2D eigenvalue weighted by Crippen LogP contribution is -2.32. The first-order valence-corrected chi connectivity index (χ1v) is 15.2. The van der Waals surface area contributed by atoms with E-state index in [0.717, 1.165) is 16.8 Å². The zero-order valence-electron chi connectivity index (χ0n) is 24.5. The van der Waals surface area contributed by atoms with Crippen molar-refractivity contribution in [3.05, 3.63) is 130 Å². The summed E-state index contributed by atoms with van der Waals surface area (Å²) in [4.78, 5) is 13.8. The smallest absolute Gasteiger partial charge is 0.255 e. The maximum atomic E-state index is 13.8. The maximum absolute atomic E-state index is 13.8. The molecule has 0 aliphatic carbocycles. The molecule has 1 atom stereocenters. The van der Waals surface area contributed by atoms with E-state index in [9.17, 15) is 4.79 Å². The van der Waals surface area contributed by atoms with Crippen molar-refractivity contribution in [3.63, 3.8) is 0 Å². The summed E-state index contributed by atoms with van der Waals surface area (Å²) < 4.78 is 12.9. The molecule has 1 aromatic heterocycles. The summed E-state index contributed by atoms with van der Waals surface area (Å²) in [7, 11) is 3.10. The van der Waals surface area contributed by atoms with Crippen LogP contribution in [0.1, 0.15) is 44.5 Å². The number of carbonyl (C=O) groups is 1. The van der Waals surface area contributed by atoms with Gasteiger partial charge in [-0.2, -0.15) is 0 Å². The van der Waals surface area contributed by atoms with Gasteiger partial charge in [0.25, 0.3) is 5.91 Å². The molecule has 0 spiro atoms. The van der Waals surface area contributed by atoms with Gasteiger partial charge in [0.1, 0.15) is 11.5 Å². The number of aryl methyl sites for hydroxylation is 2. The van der Waals surface area contributed by atoms with Gasteiger partial charge in [0.05, 0.1) is 31.5 Å². The van der Waals surface area contributed by atoms with Gasteiger partial charge in [-0.05, 0) is 61.2 Å². The molecule has 1 N–H and O–H groups in total. The summed E-state index contributed by atoms with van der Waals surface area (Å²) in [6.45, 7) is 4.11. The van der Waals surface area contributed by atoms with Crippen molar-refractivity contribution in [3.8, 4) is 17.2 Å². The van der Waals surface area contributed by atoms with Gasteiger partial charge in [-0.3, -0.25) is 9.36 Å². The topological polar surface area (TPSA) is 78.3 Å². The number of carbonyl (C=O) groups excluding carboxylic acids is 1. The van der Waals surface area contributed by atoms with Crippen LogP contribution < -0.4 is 14.8 Å². The largest absolute Gasteiger partial charge is 0.497 e. The fraction of sp³-hybridized carbons (Fsp3) is 0.206. The predicted molar refractivity (Wildman–Crippen MR) is 172 cm³/mol. The zero-order valence-corrected chi connectivity index (χ0v) is 26.1. The highest BCUT2D eigenvalue weighted by Gasteiger charge is 2.27. The van der Waals surface area contributed by atoms with E-state index in [2.05, 4.69) is 46.7 Å². The van der Waals surface area contributed by atoms with Gasteiger partial charge >= 0.3 is 0 Å². The molecule has 0 radical (unpaired) electrons. The Labute approximate surface area is 261 Å². The van der Waals surface area contributed by atoms with E-state index in [4.69, 9.17) is 21.1 Å². The van der Waals surface area contributed by atoms with Crippen LogP contribution in [-0.4, -0.2) is 34.9 Å². The van der Waals surface area contributed by atoms with E-state index in [1.165, 1.54) is 18.2 Å². The molecule has 220 valence electrons. The summed E-state index contributed by atoms with van der Waals surface area (Å²) in [5, 5.41) is 13.9. The van der Waals surface area contributed by atoms with E-state index in [-0.39, 0.29) is 5.91 Å². The van der Waals surface area contributed by atoms with E-state index < -0.39 is 6.04 Å². The number of amides is 1. The highest BCUT2D eigenvalue weighted by molar-refractivity contribution is 7.98. The first-order valence-electron chi connectivity index (χ1n) is 13.8. The van der Waals surface area contributed by atoms with Crippen LogP contribution in [0.15, 0.2) is 96.2 Å². The first-order chi connectivity index (χ1) is 20.9. The van der Waals surface area contributed by atoms with Crippen molar-refractivity contribution in [2.24, 2.45) is 0 Å². The summed E-state index contributed by atoms with van der Waals surface area (Å²) in [6, 6.07) is 28.8. The molecule has 0 aliphatic heterocycles. The predicted octanol–water partition coefficient (Wildman–Crippen LogP) is 7.56. The van der Waals surface area contributed by atoms with Crippen molar-refractivity contribution in [1.29, 1.82) is 0 Å². The van der Waals surface area contributed by atoms with Crippen LogP contribution in [0.5, 0.6) is 11.5 Å². The number of nitrogens with one attached hydrogen (secondary N) is 1. The lowest BCUT2D eigenvalue weighted by atomic mass is 10.0. The number of nitrogens with zero attached hydrogens (tertiary/aromatic N) is 3. The molecule has 0 bridgehead atoms. The molecule has 4 aromatic carbocycles. The Hall–Kier alpha value is -4.27. The SMILES string of the molecule is COc1ccc(C(=O)NC(Cc2ccccc2)c2nnc(SCc3cccc(C)c3)n2-c2cc(Cl)ccc2C)c(OC)c1. The average molecular weight is 613 g/mol. The van der Waals surface area contributed by atoms with Gasteiger partial charge in [-0.15, -0.1) is 10.2 Å². The second-order valence-electron chi connectivity index (χ2n) is 10.2. The zero-order chi connectivity index (χ0) is 30.3. The minimum atomic E-state index is -0.527. The minimum Gasteiger partial charge on any atom is -0.497 e. The third-order valence-electron chi connectivity index (χ3n) is 7.07. The molecule has 0 saturated heterocycles. The van der Waals surface area contributed by atoms with Crippen molar-refractivity contribution >= 4 is 29.3 Å². The molecule has 43 heavy (non-hydrogen) atoms. The van der Waals surface area contributed by atoms with E-state index in [0.29, 0.717) is 45.2 Å². The standard InChI is InChI=1S/C34H33ClN4O3S/c1-22-9-8-12-25(17-22)21-43-34-38-37-32(39(34)30-19-26(35)14-13-23(30)2)29(18-24-10-6-5-7-11-24)36-33(40)28-16-15-27(41-3)20-31(28)42-4/h5-17,19-20,29H,18,21H2,1-4H3,(H,36,40). The van der Waals surface area contributed by atoms with Crippen LogP contribution in [0.2, 0.25) is 5.02 Å². The first kappa shape index (κ1) is 30.2. The minimum absolute atomic E-state index is 0.299. The Morgan fingerprint density at radius 2 is 1.70 bits per heavy atom. The Morgan fingerprint density at radius 3 is 2.44 bits per heavy atom. The molecule has 0 aliphatic rings. The van der Waals surface area contributed by atoms with Crippen molar-refractivity contribution in [2.75, 3.05) is 14.2 Å². The maximum Gasteiger partial charge on any atom is 0.255 e. The van der Waals surface area contributed by atoms with Crippen LogP contribution in [0.3, 0.4) is 0 Å². The van der Waals surface area contributed by atoms with Crippen LogP contribution in [-0.2, 0) is 12.2 Å². The number of methoxy groups -OCH3 is 2. The van der Waals surface area contributed by atoms with Crippen molar-refractivity contribution in [2.45, 2.75) is 37.2 Å². The van der Waals surface area contributed by atoms with Crippen molar-refractivity contribution in [1.82, 2.24) is 20.1 Å². The highest BCUT2D eigenvalue weighted by atomic mass is 35.5. The Morgan fingerprint density at radius 1 is 0.907 bits per heavy atom. The van der Waals surface area contributed by atoms with Crippen LogP contribution >= 0.6 is 23.4 Å². The second-order valence-corrected chi connectivity index (χ2v) is 11.5. The van der Waals surface area contributed by atoms with Crippen LogP contribution in [0.4, 0.5) is 0 Å². The van der Waals surface area contributed by atoms with Crippen LogP contribution in [0, 0.1) is 13.8 Å². The Bertz CT molecular complexity index is 1720. The number of thioether (sulfide) groups is 1. The van der Waals surface area contributed by atoms with Gasteiger partial charge in [-0.25, -0.2) is 0 Å². The van der Waals surface area contributed by atoms with E-state index in [1.54, 1.807) is 37.1 Å². The fourth-order valence-electron chi connectivity index (χ4n) is 4.88. The molecular formula is C34H33ClN4O3S. The quantitative estimate of drug-likeness (QED) is 0.155. The Balaban J connectivity index is 1.58. The molecule has 0 saturated carbocycles. The fourth-order valence-corrected chi connectivity index (χ4v) is 5.94. The molecule has 5 aromatic rings. The van der Waals surface area contributed by atoms with Crippen molar-refractivity contribution < 1.29 is 14.3 Å². The summed E-state index contributed by atoms with van der Waals surface area (Å²) >= 11 is 8.09. The number of aromatic nitrogens is 3. The van der Waals surface area contributed by atoms with Gasteiger partial charge < -0.3 is 14.8 Å². The monoisotopic (exact) mass is 612 g/mol. The summed E-state index contributed by atoms with van der Waals surface area (Å²) in [6.07, 6.45) is 0.491. The lowest BCUT2D eigenvalue weighted by molar-refractivity contribution is 0.0931. The lowest BCUT2D eigenvalue weighted by Gasteiger charge is -2.22. The normalized spacial score (nSPS) is 11.7. The molecule has 0 fully saturated rings. The van der Waals surface area contributed by atoms with Gasteiger partial charge in [-0.1, -0.05) is 89.6 Å². The summed E-state index contributed by atoms with van der Waals surface area (Å²) in [5.41, 5.74) is 5.68. The number of halogens is 1. The third kappa shape index (κ3) is 7.21. The molecule has 7 nitrogen and oxygen atoms in total. The molecule has 1 heterocycles. The van der Waals surface area contributed by atoms with Gasteiger partial charge in [0.15, 0.2) is 11.0 Å². The number of rotatable bonds is 11. The third-order valence-corrected chi connectivity index (χ3v) is 8.31.